The fraction of sp³-hybridized carbons (Fsp3) is 0.105. The number of hydrogen-bond donors (Lipinski definition) is 0. The van der Waals surface area contributed by atoms with Gasteiger partial charge in [-0.1, -0.05) is 92.5 Å². The Kier molecular flexibility index (Phi) is 8.22. The van der Waals surface area contributed by atoms with Gasteiger partial charge in [0.15, 0.2) is 0 Å². The molecule has 6 heteroatoms. The van der Waals surface area contributed by atoms with Crippen molar-refractivity contribution in [3.05, 3.63) is 139 Å². The second-order valence-corrected chi connectivity index (χ2v) is 11.7. The fourth-order valence-electron chi connectivity index (χ4n) is 5.57. The van der Waals surface area contributed by atoms with Gasteiger partial charge in [-0.15, -0.1) is 48.0 Å². The number of pyridine rings is 2. The summed E-state index contributed by atoms with van der Waals surface area (Å²) in [7, 11) is 0. The van der Waals surface area contributed by atoms with Crippen molar-refractivity contribution in [2.45, 2.75) is 26.2 Å². The summed E-state index contributed by atoms with van der Waals surface area (Å²) in [4.78, 5) is 8.99. The SMILES string of the molecule is CC(C)(C)c1ccc(-c2[c-]cc3c4c2Oc2ccccc2B4c2ccccc2O3)nc1.[Ir].[c-]1ccccc1-c1ccccn1. The number of aromatic nitrogens is 2. The average Bonchev–Trinajstić information content (AvgIpc) is 3.05. The van der Waals surface area contributed by atoms with Gasteiger partial charge in [-0.3, -0.25) is 0 Å². The molecule has 217 valence electrons. The van der Waals surface area contributed by atoms with Gasteiger partial charge in [0.2, 0.25) is 6.71 Å². The van der Waals surface area contributed by atoms with Gasteiger partial charge in [-0.2, -0.15) is 0 Å². The van der Waals surface area contributed by atoms with Crippen molar-refractivity contribution in [3.63, 3.8) is 0 Å². The zero-order valence-corrected chi connectivity index (χ0v) is 27.1. The molecule has 1 radical (unpaired) electrons. The van der Waals surface area contributed by atoms with E-state index in [4.69, 9.17) is 14.5 Å². The molecule has 0 bridgehead atoms. The molecule has 2 aromatic heterocycles. The Balaban J connectivity index is 0.000000222. The Labute approximate surface area is 272 Å². The average molecular weight is 749 g/mol. The summed E-state index contributed by atoms with van der Waals surface area (Å²) in [5.41, 5.74) is 8.33. The van der Waals surface area contributed by atoms with E-state index in [1.807, 2.05) is 79.0 Å². The molecule has 6 aromatic rings. The first-order valence-corrected chi connectivity index (χ1v) is 14.4. The molecule has 0 saturated carbocycles. The summed E-state index contributed by atoms with van der Waals surface area (Å²) in [6, 6.07) is 42.8. The molecule has 0 unspecified atom stereocenters. The van der Waals surface area contributed by atoms with Crippen LogP contribution in [0.2, 0.25) is 0 Å². The largest absolute Gasteiger partial charge is 0.503 e. The number of nitrogens with zero attached hydrogens (tertiary/aromatic N) is 2. The molecule has 8 rings (SSSR count). The molecule has 4 aromatic carbocycles. The number of para-hydroxylation sites is 2. The Bertz CT molecular complexity index is 1860. The van der Waals surface area contributed by atoms with Crippen LogP contribution in [0.5, 0.6) is 23.0 Å². The van der Waals surface area contributed by atoms with Crippen LogP contribution >= 0.6 is 0 Å². The summed E-state index contributed by atoms with van der Waals surface area (Å²) in [5, 5.41) is 0. The van der Waals surface area contributed by atoms with Crippen LogP contribution in [0.4, 0.5) is 0 Å². The first-order valence-electron chi connectivity index (χ1n) is 14.4. The molecule has 44 heavy (non-hydrogen) atoms. The van der Waals surface area contributed by atoms with E-state index in [1.54, 1.807) is 6.20 Å². The van der Waals surface area contributed by atoms with Gasteiger partial charge < -0.3 is 19.4 Å². The standard InChI is InChI=1S/C27H21BNO2.C11H8N.Ir/c1-27(2,3)17-12-14-21(29-16-17)18-13-15-24-25-26(18)31-23-11-7-5-9-20(23)28(25)19-8-4-6-10-22(19)30-24;1-2-6-10(7-3-1)11-8-4-5-9-12-11;/h4-12,14-16H,1-3H3;1-6,8-9H;/q2*-1;. The number of benzene rings is 4. The molecule has 0 spiro atoms. The van der Waals surface area contributed by atoms with E-state index in [0.717, 1.165) is 61.9 Å². The Morgan fingerprint density at radius 1 is 0.659 bits per heavy atom. The Morgan fingerprint density at radius 2 is 1.36 bits per heavy atom. The van der Waals surface area contributed by atoms with Crippen molar-refractivity contribution in [1.82, 2.24) is 9.97 Å². The summed E-state index contributed by atoms with van der Waals surface area (Å²) >= 11 is 0. The minimum atomic E-state index is 0. The number of ether oxygens (including phenoxy) is 2. The normalized spacial score (nSPS) is 12.1. The summed E-state index contributed by atoms with van der Waals surface area (Å²) in [5.74, 6) is 3.33. The molecular formula is C38H29BIrN2O2-2. The third-order valence-electron chi connectivity index (χ3n) is 7.80. The second-order valence-electron chi connectivity index (χ2n) is 11.7. The zero-order valence-electron chi connectivity index (χ0n) is 24.7. The van der Waals surface area contributed by atoms with Crippen molar-refractivity contribution in [2.24, 2.45) is 0 Å². The predicted molar refractivity (Wildman–Crippen MR) is 173 cm³/mol. The van der Waals surface area contributed by atoms with Crippen molar-refractivity contribution in [3.8, 4) is 45.5 Å². The van der Waals surface area contributed by atoms with Gasteiger partial charge in [0.25, 0.3) is 0 Å². The fourth-order valence-corrected chi connectivity index (χ4v) is 5.57. The van der Waals surface area contributed by atoms with Gasteiger partial charge in [0.1, 0.15) is 11.5 Å². The topological polar surface area (TPSA) is 44.2 Å². The molecular weight excluding hydrogens is 719 g/mol. The van der Waals surface area contributed by atoms with E-state index in [1.165, 1.54) is 5.56 Å². The minimum absolute atomic E-state index is 0. The monoisotopic (exact) mass is 749 g/mol. The molecule has 2 aliphatic rings. The second kappa shape index (κ2) is 12.2. The van der Waals surface area contributed by atoms with E-state index in [9.17, 15) is 0 Å². The maximum absolute atomic E-state index is 6.47. The van der Waals surface area contributed by atoms with Crippen LogP contribution in [0.3, 0.4) is 0 Å². The smallest absolute Gasteiger partial charge is 0.239 e. The third kappa shape index (κ3) is 5.59. The van der Waals surface area contributed by atoms with Crippen LogP contribution in [-0.4, -0.2) is 16.7 Å². The Hall–Kier alpha value is -4.51. The maximum Gasteiger partial charge on any atom is 0.239 e. The Morgan fingerprint density at radius 3 is 2.00 bits per heavy atom. The quantitative estimate of drug-likeness (QED) is 0.140. The molecule has 0 aliphatic carbocycles. The van der Waals surface area contributed by atoms with Crippen LogP contribution in [0.25, 0.3) is 22.5 Å². The molecule has 4 heterocycles. The third-order valence-corrected chi connectivity index (χ3v) is 7.80. The van der Waals surface area contributed by atoms with Crippen molar-refractivity contribution in [2.75, 3.05) is 0 Å². The molecule has 0 fully saturated rings. The predicted octanol–water partition coefficient (Wildman–Crippen LogP) is 7.12. The van der Waals surface area contributed by atoms with Crippen molar-refractivity contribution < 1.29 is 29.6 Å². The van der Waals surface area contributed by atoms with Crippen LogP contribution in [0.1, 0.15) is 26.3 Å². The minimum Gasteiger partial charge on any atom is -0.503 e. The van der Waals surface area contributed by atoms with E-state index in [2.05, 4.69) is 74.3 Å². The van der Waals surface area contributed by atoms with E-state index in [-0.39, 0.29) is 32.2 Å². The molecule has 2 aliphatic heterocycles. The van der Waals surface area contributed by atoms with Crippen LogP contribution in [0, 0.1) is 12.1 Å². The first-order chi connectivity index (χ1) is 21.0. The van der Waals surface area contributed by atoms with E-state index in [0.29, 0.717) is 0 Å². The number of hydrogen-bond acceptors (Lipinski definition) is 4. The van der Waals surface area contributed by atoms with E-state index < -0.39 is 0 Å². The molecule has 0 amide bonds. The summed E-state index contributed by atoms with van der Waals surface area (Å²) in [6.45, 7) is 6.63. The molecule has 0 atom stereocenters. The summed E-state index contributed by atoms with van der Waals surface area (Å²) < 4.78 is 12.7. The van der Waals surface area contributed by atoms with Crippen molar-refractivity contribution >= 4 is 23.1 Å². The van der Waals surface area contributed by atoms with Gasteiger partial charge in [0, 0.05) is 44.0 Å². The molecule has 4 nitrogen and oxygen atoms in total. The molecule has 0 N–H and O–H groups in total. The number of rotatable bonds is 2. The van der Waals surface area contributed by atoms with E-state index >= 15 is 0 Å². The van der Waals surface area contributed by atoms with Gasteiger partial charge in [-0.25, -0.2) is 0 Å². The van der Waals surface area contributed by atoms with Crippen LogP contribution in [0.15, 0.2) is 122 Å². The molecule has 0 saturated heterocycles. The number of fused-ring (bicyclic) bond motifs is 4. The first kappa shape index (κ1) is 29.6. The van der Waals surface area contributed by atoms with Gasteiger partial charge in [-0.05, 0) is 51.5 Å². The van der Waals surface area contributed by atoms with Gasteiger partial charge >= 0.3 is 0 Å². The van der Waals surface area contributed by atoms with Gasteiger partial charge in [0.05, 0.1) is 0 Å². The maximum atomic E-state index is 6.47. The van der Waals surface area contributed by atoms with Crippen LogP contribution in [-0.2, 0) is 25.5 Å². The van der Waals surface area contributed by atoms with Crippen LogP contribution < -0.4 is 25.9 Å². The summed E-state index contributed by atoms with van der Waals surface area (Å²) in [6.07, 6.45) is 3.74. The zero-order chi connectivity index (χ0) is 29.4. The van der Waals surface area contributed by atoms with Crippen molar-refractivity contribution in [1.29, 1.82) is 0 Å².